The lowest BCUT2D eigenvalue weighted by Gasteiger charge is -2.34. The van der Waals surface area contributed by atoms with E-state index in [4.69, 9.17) is 9.15 Å². The molecule has 1 aromatic carbocycles. The highest BCUT2D eigenvalue weighted by molar-refractivity contribution is 5.97. The van der Waals surface area contributed by atoms with E-state index >= 15 is 0 Å². The van der Waals surface area contributed by atoms with Crippen molar-refractivity contribution in [1.82, 2.24) is 10.3 Å². The number of nitrogens with one attached hydrogen (secondary N) is 2. The number of aromatic nitrogens is 1. The Balaban J connectivity index is 0.00000208. The molecule has 0 atom stereocenters. The fourth-order valence-electron chi connectivity index (χ4n) is 2.82. The summed E-state index contributed by atoms with van der Waals surface area (Å²) >= 11 is 0. The third kappa shape index (κ3) is 3.77. The predicted molar refractivity (Wildman–Crippen MR) is 94.4 cm³/mol. The lowest BCUT2D eigenvalue weighted by Crippen LogP contribution is -2.51. The number of methoxy groups -OCH3 is 1. The van der Waals surface area contributed by atoms with Crippen LogP contribution in [0.4, 0.5) is 5.69 Å². The number of nitrogens with zero attached hydrogens (tertiary/aromatic N) is 1. The van der Waals surface area contributed by atoms with Crippen LogP contribution in [0.25, 0.3) is 11.5 Å². The molecule has 7 heteroatoms. The molecule has 1 amide bonds. The van der Waals surface area contributed by atoms with Crippen molar-refractivity contribution in [1.29, 1.82) is 0 Å². The molecule has 130 valence electrons. The molecule has 1 aromatic heterocycles. The number of hydrogen-bond donors (Lipinski definition) is 2. The monoisotopic (exact) mass is 351 g/mol. The van der Waals surface area contributed by atoms with Crippen LogP contribution in [0.1, 0.15) is 18.5 Å². The number of halogens is 1. The zero-order chi connectivity index (χ0) is 16.3. The van der Waals surface area contributed by atoms with Gasteiger partial charge in [0.05, 0.1) is 5.69 Å². The summed E-state index contributed by atoms with van der Waals surface area (Å²) in [5.41, 5.74) is 1.59. The van der Waals surface area contributed by atoms with Crippen molar-refractivity contribution in [2.45, 2.75) is 25.4 Å². The van der Waals surface area contributed by atoms with Gasteiger partial charge >= 0.3 is 0 Å². The van der Waals surface area contributed by atoms with E-state index in [0.717, 1.165) is 24.3 Å². The van der Waals surface area contributed by atoms with Crippen LogP contribution in [-0.4, -0.2) is 36.7 Å². The number of aryl methyl sites for hydroxylation is 1. The van der Waals surface area contributed by atoms with Crippen molar-refractivity contribution < 1.29 is 13.9 Å². The summed E-state index contributed by atoms with van der Waals surface area (Å²) in [6.07, 6.45) is 2.93. The maximum absolute atomic E-state index is 12.7. The molecule has 1 saturated heterocycles. The molecule has 24 heavy (non-hydrogen) atoms. The molecular formula is C17H22ClN3O3. The normalized spacial score (nSPS) is 16.2. The zero-order valence-electron chi connectivity index (χ0n) is 13.8. The number of benzene rings is 1. The Morgan fingerprint density at radius 1 is 1.38 bits per heavy atom. The summed E-state index contributed by atoms with van der Waals surface area (Å²) in [6, 6.07) is 7.47. The summed E-state index contributed by atoms with van der Waals surface area (Å²) in [4.78, 5) is 17.0. The molecule has 0 unspecified atom stereocenters. The lowest BCUT2D eigenvalue weighted by molar-refractivity contribution is -0.140. The second kappa shape index (κ2) is 7.79. The summed E-state index contributed by atoms with van der Waals surface area (Å²) in [5.74, 6) is 0.434. The van der Waals surface area contributed by atoms with Gasteiger partial charge < -0.3 is 19.8 Å². The molecule has 0 radical (unpaired) electrons. The van der Waals surface area contributed by atoms with Crippen molar-refractivity contribution in [3.8, 4) is 11.5 Å². The third-order valence-electron chi connectivity index (χ3n) is 4.20. The van der Waals surface area contributed by atoms with Crippen LogP contribution < -0.4 is 10.6 Å². The Kier molecular flexibility index (Phi) is 5.99. The number of piperidine rings is 1. The quantitative estimate of drug-likeness (QED) is 0.885. The van der Waals surface area contributed by atoms with E-state index in [1.807, 2.05) is 31.2 Å². The Labute approximate surface area is 147 Å². The maximum atomic E-state index is 12.7. The van der Waals surface area contributed by atoms with Crippen LogP contribution in [0.2, 0.25) is 0 Å². The minimum absolute atomic E-state index is 0. The van der Waals surface area contributed by atoms with Crippen LogP contribution in [0.5, 0.6) is 0 Å². The van der Waals surface area contributed by atoms with Crippen LogP contribution in [-0.2, 0) is 9.53 Å². The van der Waals surface area contributed by atoms with Gasteiger partial charge in [-0.25, -0.2) is 4.98 Å². The topological polar surface area (TPSA) is 76.4 Å². The average molecular weight is 352 g/mol. The first kappa shape index (κ1) is 18.4. The summed E-state index contributed by atoms with van der Waals surface area (Å²) in [6.45, 7) is 3.42. The van der Waals surface area contributed by atoms with Gasteiger partial charge in [-0.3, -0.25) is 4.79 Å². The minimum atomic E-state index is -0.763. The lowest BCUT2D eigenvalue weighted by atomic mass is 9.91. The molecule has 3 rings (SSSR count). The fourth-order valence-corrected chi connectivity index (χ4v) is 2.82. The summed E-state index contributed by atoms with van der Waals surface area (Å²) in [5, 5.41) is 6.20. The SMILES string of the molecule is COC1(C(=O)Nc2cccc(-c3nc(C)co3)c2)CCNCC1.Cl. The minimum Gasteiger partial charge on any atom is -0.444 e. The smallest absolute Gasteiger partial charge is 0.256 e. The third-order valence-corrected chi connectivity index (χ3v) is 4.20. The van der Waals surface area contributed by atoms with E-state index < -0.39 is 5.60 Å². The summed E-state index contributed by atoms with van der Waals surface area (Å²) in [7, 11) is 1.59. The Morgan fingerprint density at radius 2 is 2.12 bits per heavy atom. The van der Waals surface area contributed by atoms with Crippen molar-refractivity contribution in [3.63, 3.8) is 0 Å². The van der Waals surface area contributed by atoms with E-state index in [2.05, 4.69) is 15.6 Å². The maximum Gasteiger partial charge on any atom is 0.256 e. The van der Waals surface area contributed by atoms with Gasteiger partial charge in [0.25, 0.3) is 5.91 Å². The standard InChI is InChI=1S/C17H21N3O3.ClH/c1-12-11-23-15(19-12)13-4-3-5-14(10-13)20-16(21)17(22-2)6-8-18-9-7-17;/h3-5,10-11,18H,6-9H2,1-2H3,(H,20,21);1H. The van der Waals surface area contributed by atoms with E-state index in [0.29, 0.717) is 24.4 Å². The number of ether oxygens (including phenoxy) is 1. The van der Waals surface area contributed by atoms with Gasteiger partial charge in [0, 0.05) is 18.4 Å². The van der Waals surface area contributed by atoms with E-state index in [9.17, 15) is 4.79 Å². The van der Waals surface area contributed by atoms with E-state index in [1.54, 1.807) is 13.4 Å². The molecule has 0 saturated carbocycles. The predicted octanol–water partition coefficient (Wildman–Crippen LogP) is 2.78. The number of oxazole rings is 1. The molecular weight excluding hydrogens is 330 g/mol. The van der Waals surface area contributed by atoms with Gasteiger partial charge in [0.15, 0.2) is 0 Å². The molecule has 1 aliphatic heterocycles. The molecule has 0 spiro atoms. The van der Waals surface area contributed by atoms with Gasteiger partial charge in [-0.05, 0) is 51.1 Å². The van der Waals surface area contributed by atoms with Crippen LogP contribution in [0.3, 0.4) is 0 Å². The molecule has 0 bridgehead atoms. The van der Waals surface area contributed by atoms with E-state index in [-0.39, 0.29) is 18.3 Å². The first-order valence-corrected chi connectivity index (χ1v) is 7.73. The number of carbonyl (C=O) groups excluding carboxylic acids is 1. The van der Waals surface area contributed by atoms with Crippen molar-refractivity contribution in [2.24, 2.45) is 0 Å². The van der Waals surface area contributed by atoms with Crippen LogP contribution >= 0.6 is 12.4 Å². The van der Waals surface area contributed by atoms with Gasteiger partial charge in [-0.15, -0.1) is 12.4 Å². The van der Waals surface area contributed by atoms with Gasteiger partial charge in [0.2, 0.25) is 5.89 Å². The van der Waals surface area contributed by atoms with Crippen molar-refractivity contribution in [3.05, 3.63) is 36.2 Å². The Hall–Kier alpha value is -1.89. The highest BCUT2D eigenvalue weighted by Gasteiger charge is 2.39. The fraction of sp³-hybridized carbons (Fsp3) is 0.412. The summed E-state index contributed by atoms with van der Waals surface area (Å²) < 4.78 is 11.0. The average Bonchev–Trinajstić information content (AvgIpc) is 3.02. The van der Waals surface area contributed by atoms with Gasteiger partial charge in [-0.2, -0.15) is 0 Å². The molecule has 2 heterocycles. The highest BCUT2D eigenvalue weighted by Crippen LogP contribution is 2.26. The largest absolute Gasteiger partial charge is 0.444 e. The second-order valence-corrected chi connectivity index (χ2v) is 5.78. The Morgan fingerprint density at radius 3 is 2.75 bits per heavy atom. The number of anilines is 1. The van der Waals surface area contributed by atoms with Crippen LogP contribution in [0.15, 0.2) is 34.9 Å². The first-order chi connectivity index (χ1) is 11.1. The molecule has 6 nitrogen and oxygen atoms in total. The van der Waals surface area contributed by atoms with Crippen molar-refractivity contribution >= 4 is 24.0 Å². The van der Waals surface area contributed by atoms with Gasteiger partial charge in [0.1, 0.15) is 11.9 Å². The number of hydrogen-bond acceptors (Lipinski definition) is 5. The number of amides is 1. The molecule has 2 aromatic rings. The zero-order valence-corrected chi connectivity index (χ0v) is 14.6. The highest BCUT2D eigenvalue weighted by atomic mass is 35.5. The molecule has 1 aliphatic rings. The second-order valence-electron chi connectivity index (χ2n) is 5.78. The molecule has 1 fully saturated rings. The van der Waals surface area contributed by atoms with Crippen molar-refractivity contribution in [2.75, 3.05) is 25.5 Å². The first-order valence-electron chi connectivity index (χ1n) is 7.73. The van der Waals surface area contributed by atoms with Crippen LogP contribution in [0, 0.1) is 6.92 Å². The van der Waals surface area contributed by atoms with E-state index in [1.165, 1.54) is 0 Å². The van der Waals surface area contributed by atoms with Gasteiger partial charge in [-0.1, -0.05) is 6.07 Å². The Bertz CT molecular complexity index is 696. The molecule has 0 aliphatic carbocycles. The molecule has 2 N–H and O–H groups in total. The number of carbonyl (C=O) groups is 1. The number of rotatable bonds is 4.